The van der Waals surface area contributed by atoms with E-state index in [2.05, 4.69) is 36.5 Å². The van der Waals surface area contributed by atoms with Gasteiger partial charge in [0.2, 0.25) is 0 Å². The molecule has 0 spiro atoms. The van der Waals surface area contributed by atoms with Gasteiger partial charge in [-0.05, 0) is 23.6 Å². The predicted molar refractivity (Wildman–Crippen MR) is 64.9 cm³/mol. The van der Waals surface area contributed by atoms with Gasteiger partial charge in [0, 0.05) is 11.9 Å². The fourth-order valence-corrected chi connectivity index (χ4v) is 2.48. The fourth-order valence-electron chi connectivity index (χ4n) is 1.47. The third-order valence-corrected chi connectivity index (χ3v) is 3.49. The predicted octanol–water partition coefficient (Wildman–Crippen LogP) is 2.78. The van der Waals surface area contributed by atoms with E-state index in [0.717, 1.165) is 15.3 Å². The molecule has 0 saturated carbocycles. The zero-order valence-corrected chi connectivity index (χ0v) is 9.60. The van der Waals surface area contributed by atoms with Crippen molar-refractivity contribution in [2.45, 2.75) is 6.92 Å². The molecule has 3 heteroatoms. The van der Waals surface area contributed by atoms with Crippen molar-refractivity contribution in [1.82, 2.24) is 5.32 Å². The van der Waals surface area contributed by atoms with E-state index in [0.29, 0.717) is 5.92 Å². The van der Waals surface area contributed by atoms with E-state index in [1.807, 2.05) is 6.07 Å². The zero-order valence-electron chi connectivity index (χ0n) is 8.78. The first-order chi connectivity index (χ1) is 7.20. The van der Waals surface area contributed by atoms with E-state index in [9.17, 15) is 4.79 Å². The van der Waals surface area contributed by atoms with Crippen LogP contribution in [0.25, 0.3) is 12.2 Å². The monoisotopic (exact) mass is 219 g/mol. The summed E-state index contributed by atoms with van der Waals surface area (Å²) in [4.78, 5) is 13.4. The Morgan fingerprint density at radius 1 is 1.40 bits per heavy atom. The number of allylic oxidation sites excluding steroid dienone is 2. The van der Waals surface area contributed by atoms with Gasteiger partial charge in [-0.3, -0.25) is 4.79 Å². The van der Waals surface area contributed by atoms with Crippen LogP contribution in [0.3, 0.4) is 0 Å². The number of hydrogen-bond donors (Lipinski definition) is 1. The van der Waals surface area contributed by atoms with E-state index in [-0.39, 0.29) is 5.91 Å². The number of rotatable bonds is 1. The van der Waals surface area contributed by atoms with Crippen molar-refractivity contribution in [3.63, 3.8) is 0 Å². The zero-order chi connectivity index (χ0) is 10.8. The Morgan fingerprint density at radius 2 is 2.13 bits per heavy atom. The molecular weight excluding hydrogens is 206 g/mol. The second-order valence-electron chi connectivity index (χ2n) is 3.59. The van der Waals surface area contributed by atoms with Crippen LogP contribution in [-0.4, -0.2) is 13.0 Å². The molecule has 1 N–H and O–H groups in total. The van der Waals surface area contributed by atoms with Crippen LogP contribution in [0, 0.1) is 5.92 Å². The molecule has 1 aromatic heterocycles. The Hall–Kier alpha value is -1.35. The SMILES string of the molecule is CNC(=O)c1cc2c(s1)C=CC(C)C=C2. The van der Waals surface area contributed by atoms with Gasteiger partial charge in [-0.2, -0.15) is 0 Å². The van der Waals surface area contributed by atoms with Crippen LogP contribution in [0.5, 0.6) is 0 Å². The maximum atomic E-state index is 11.4. The fraction of sp³-hybridized carbons (Fsp3) is 0.250. The van der Waals surface area contributed by atoms with Gasteiger partial charge in [0.05, 0.1) is 4.88 Å². The molecule has 2 rings (SSSR count). The highest BCUT2D eigenvalue weighted by Gasteiger charge is 2.11. The topological polar surface area (TPSA) is 29.1 Å². The molecule has 1 aromatic rings. The summed E-state index contributed by atoms with van der Waals surface area (Å²) in [5, 5.41) is 2.64. The van der Waals surface area contributed by atoms with E-state index in [1.54, 1.807) is 7.05 Å². The van der Waals surface area contributed by atoms with Crippen molar-refractivity contribution in [2.75, 3.05) is 7.05 Å². The molecule has 0 bridgehead atoms. The van der Waals surface area contributed by atoms with E-state index < -0.39 is 0 Å². The Bertz CT molecular complexity index is 411. The van der Waals surface area contributed by atoms with Crippen molar-refractivity contribution >= 4 is 29.4 Å². The molecule has 0 radical (unpaired) electrons. The number of carbonyl (C=O) groups excluding carboxylic acids is 1. The highest BCUT2D eigenvalue weighted by Crippen LogP contribution is 2.28. The van der Waals surface area contributed by atoms with Gasteiger partial charge in [-0.15, -0.1) is 11.3 Å². The minimum absolute atomic E-state index is 0.0112. The lowest BCUT2D eigenvalue weighted by Gasteiger charge is -1.93. The van der Waals surface area contributed by atoms with Gasteiger partial charge in [-0.25, -0.2) is 0 Å². The van der Waals surface area contributed by atoms with Crippen LogP contribution < -0.4 is 5.32 Å². The maximum absolute atomic E-state index is 11.4. The third-order valence-electron chi connectivity index (χ3n) is 2.37. The Morgan fingerprint density at radius 3 is 2.87 bits per heavy atom. The van der Waals surface area contributed by atoms with Crippen LogP contribution in [0.4, 0.5) is 0 Å². The third kappa shape index (κ3) is 2.02. The summed E-state index contributed by atoms with van der Waals surface area (Å²) in [6, 6.07) is 1.94. The van der Waals surface area contributed by atoms with E-state index in [1.165, 1.54) is 11.3 Å². The van der Waals surface area contributed by atoms with Gasteiger partial charge >= 0.3 is 0 Å². The molecule has 0 aliphatic heterocycles. The minimum atomic E-state index is -0.0112. The van der Waals surface area contributed by atoms with Gasteiger partial charge in [0.25, 0.3) is 5.91 Å². The van der Waals surface area contributed by atoms with Crippen molar-refractivity contribution in [1.29, 1.82) is 0 Å². The van der Waals surface area contributed by atoms with Crippen molar-refractivity contribution in [3.05, 3.63) is 33.5 Å². The van der Waals surface area contributed by atoms with Crippen LogP contribution in [0.2, 0.25) is 0 Å². The summed E-state index contributed by atoms with van der Waals surface area (Å²) in [6.45, 7) is 2.14. The molecule has 0 fully saturated rings. The Balaban J connectivity index is 2.39. The quantitative estimate of drug-likeness (QED) is 0.773. The lowest BCUT2D eigenvalue weighted by molar-refractivity contribution is 0.0967. The summed E-state index contributed by atoms with van der Waals surface area (Å²) >= 11 is 1.53. The lowest BCUT2D eigenvalue weighted by Crippen LogP contribution is -2.16. The maximum Gasteiger partial charge on any atom is 0.261 e. The van der Waals surface area contributed by atoms with Crippen LogP contribution in [-0.2, 0) is 0 Å². The number of carbonyl (C=O) groups is 1. The molecule has 15 heavy (non-hydrogen) atoms. The first-order valence-corrected chi connectivity index (χ1v) is 5.74. The molecule has 78 valence electrons. The summed E-state index contributed by atoms with van der Waals surface area (Å²) in [5.74, 6) is 0.455. The van der Waals surface area contributed by atoms with Gasteiger partial charge < -0.3 is 5.32 Å². The molecular formula is C12H13NOS. The normalized spacial score (nSPS) is 18.4. The van der Waals surface area contributed by atoms with Crippen LogP contribution in [0.15, 0.2) is 18.2 Å². The molecule has 1 unspecified atom stereocenters. The lowest BCUT2D eigenvalue weighted by atomic mass is 10.1. The standard InChI is InChI=1S/C12H13NOS/c1-8-3-5-9-7-11(12(14)13-2)15-10(9)6-4-8/h3-8H,1-2H3,(H,13,14). The second kappa shape index (κ2) is 4.03. The molecule has 1 heterocycles. The van der Waals surface area contributed by atoms with Crippen molar-refractivity contribution < 1.29 is 4.79 Å². The summed E-state index contributed by atoms with van der Waals surface area (Å²) in [6.07, 6.45) is 8.47. The van der Waals surface area contributed by atoms with E-state index >= 15 is 0 Å². The summed E-state index contributed by atoms with van der Waals surface area (Å²) in [5.41, 5.74) is 1.14. The Kier molecular flexibility index (Phi) is 2.73. The molecule has 0 saturated heterocycles. The van der Waals surface area contributed by atoms with Gasteiger partial charge in [0.1, 0.15) is 0 Å². The average Bonchev–Trinajstić information content (AvgIpc) is 2.58. The van der Waals surface area contributed by atoms with Crippen molar-refractivity contribution in [3.8, 4) is 0 Å². The molecule has 1 aliphatic rings. The average molecular weight is 219 g/mol. The molecule has 1 aliphatic carbocycles. The van der Waals surface area contributed by atoms with E-state index in [4.69, 9.17) is 0 Å². The summed E-state index contributed by atoms with van der Waals surface area (Å²) in [7, 11) is 1.65. The largest absolute Gasteiger partial charge is 0.354 e. The highest BCUT2D eigenvalue weighted by molar-refractivity contribution is 7.15. The number of thiophene rings is 1. The molecule has 1 amide bonds. The number of hydrogen-bond acceptors (Lipinski definition) is 2. The smallest absolute Gasteiger partial charge is 0.261 e. The number of amides is 1. The van der Waals surface area contributed by atoms with Crippen LogP contribution >= 0.6 is 11.3 Å². The van der Waals surface area contributed by atoms with Crippen molar-refractivity contribution in [2.24, 2.45) is 5.92 Å². The first-order valence-electron chi connectivity index (χ1n) is 4.93. The van der Waals surface area contributed by atoms with Gasteiger partial charge in [-0.1, -0.05) is 25.2 Å². The summed E-state index contributed by atoms with van der Waals surface area (Å²) < 4.78 is 0. The second-order valence-corrected chi connectivity index (χ2v) is 4.67. The highest BCUT2D eigenvalue weighted by atomic mass is 32.1. The minimum Gasteiger partial charge on any atom is -0.354 e. The molecule has 2 nitrogen and oxygen atoms in total. The number of fused-ring (bicyclic) bond motifs is 1. The molecule has 1 atom stereocenters. The number of nitrogens with one attached hydrogen (secondary N) is 1. The Labute approximate surface area is 93.3 Å². The molecule has 0 aromatic carbocycles. The first kappa shape index (κ1) is 10.2. The van der Waals surface area contributed by atoms with Crippen LogP contribution in [0.1, 0.15) is 27.0 Å². The van der Waals surface area contributed by atoms with Gasteiger partial charge in [0.15, 0.2) is 0 Å².